The van der Waals surface area contributed by atoms with Crippen LogP contribution >= 0.6 is 0 Å². The van der Waals surface area contributed by atoms with Gasteiger partial charge >= 0.3 is 0 Å². The van der Waals surface area contributed by atoms with Crippen LogP contribution < -0.4 is 0 Å². The molecule has 2 heterocycles. The number of hydrogen-bond acceptors (Lipinski definition) is 4. The van der Waals surface area contributed by atoms with Crippen molar-refractivity contribution in [3.8, 4) is 11.8 Å². The van der Waals surface area contributed by atoms with E-state index in [0.717, 1.165) is 12.1 Å². The van der Waals surface area contributed by atoms with E-state index in [1.54, 1.807) is 24.4 Å². The average molecular weight is 395 g/mol. The standard InChI is InChI=1S/C20H11F2N3O2S/c21-13-9-14(22)11-17(10-13)28(26,27)16-5-7-20-18(12-16)19(24-25-20)6-4-15-3-1-2-8-23-15/h1-3,5,7-12H,(H,24,25). The van der Waals surface area contributed by atoms with Gasteiger partial charge in [-0.15, -0.1) is 0 Å². The minimum Gasteiger partial charge on any atom is -0.277 e. The summed E-state index contributed by atoms with van der Waals surface area (Å²) in [5.74, 6) is 3.77. The molecule has 2 aromatic heterocycles. The average Bonchev–Trinajstić information content (AvgIpc) is 3.09. The summed E-state index contributed by atoms with van der Waals surface area (Å²) in [5, 5.41) is 7.34. The highest BCUT2D eigenvalue weighted by atomic mass is 32.2. The Hall–Kier alpha value is -3.57. The molecule has 0 atom stereocenters. The minimum atomic E-state index is -4.12. The number of sulfone groups is 1. The third-order valence-corrected chi connectivity index (χ3v) is 5.70. The molecule has 1 N–H and O–H groups in total. The summed E-state index contributed by atoms with van der Waals surface area (Å²) in [6.07, 6.45) is 1.61. The number of hydrogen-bond donors (Lipinski definition) is 1. The molecule has 2 aromatic carbocycles. The van der Waals surface area contributed by atoms with Crippen LogP contribution in [0.15, 0.2) is 70.6 Å². The Kier molecular flexibility index (Phi) is 4.37. The smallest absolute Gasteiger partial charge is 0.206 e. The number of benzene rings is 2. The Balaban J connectivity index is 1.80. The summed E-state index contributed by atoms with van der Waals surface area (Å²) in [4.78, 5) is 3.51. The molecular weight excluding hydrogens is 384 g/mol. The second-order valence-corrected chi connectivity index (χ2v) is 7.80. The van der Waals surface area contributed by atoms with Crippen molar-refractivity contribution in [1.29, 1.82) is 0 Å². The molecule has 0 radical (unpaired) electrons. The summed E-state index contributed by atoms with van der Waals surface area (Å²) in [5.41, 5.74) is 1.45. The predicted octanol–water partition coefficient (Wildman–Crippen LogP) is 3.47. The number of pyridine rings is 1. The maximum absolute atomic E-state index is 13.5. The molecule has 0 unspecified atom stereocenters. The lowest BCUT2D eigenvalue weighted by molar-refractivity contribution is 0.567. The van der Waals surface area contributed by atoms with Gasteiger partial charge in [-0.2, -0.15) is 5.10 Å². The number of nitrogens with one attached hydrogen (secondary N) is 1. The van der Waals surface area contributed by atoms with Gasteiger partial charge in [-0.1, -0.05) is 6.07 Å². The molecule has 28 heavy (non-hydrogen) atoms. The van der Waals surface area contributed by atoms with Crippen LogP contribution in [0.25, 0.3) is 10.9 Å². The Morgan fingerprint density at radius 2 is 1.68 bits per heavy atom. The van der Waals surface area contributed by atoms with E-state index in [1.165, 1.54) is 18.2 Å². The lowest BCUT2D eigenvalue weighted by Crippen LogP contribution is -2.03. The quantitative estimate of drug-likeness (QED) is 0.528. The van der Waals surface area contributed by atoms with Crippen molar-refractivity contribution in [3.63, 3.8) is 0 Å². The topological polar surface area (TPSA) is 75.7 Å². The molecule has 0 amide bonds. The van der Waals surface area contributed by atoms with E-state index in [0.29, 0.717) is 28.4 Å². The van der Waals surface area contributed by atoms with Crippen molar-refractivity contribution in [2.45, 2.75) is 9.79 Å². The van der Waals surface area contributed by atoms with E-state index >= 15 is 0 Å². The van der Waals surface area contributed by atoms with E-state index in [1.807, 2.05) is 0 Å². The molecule has 138 valence electrons. The van der Waals surface area contributed by atoms with Crippen LogP contribution in [0.3, 0.4) is 0 Å². The Labute approximate surface area is 159 Å². The number of aromatic nitrogens is 3. The molecule has 0 aliphatic rings. The van der Waals surface area contributed by atoms with Crippen LogP contribution in [-0.4, -0.2) is 23.6 Å². The van der Waals surface area contributed by atoms with Gasteiger partial charge in [-0.05, 0) is 54.3 Å². The van der Waals surface area contributed by atoms with Crippen LogP contribution in [0.4, 0.5) is 8.78 Å². The molecule has 8 heteroatoms. The van der Waals surface area contributed by atoms with Crippen molar-refractivity contribution in [1.82, 2.24) is 15.2 Å². The van der Waals surface area contributed by atoms with Crippen LogP contribution in [0, 0.1) is 23.5 Å². The van der Waals surface area contributed by atoms with E-state index in [-0.39, 0.29) is 4.90 Å². The van der Waals surface area contributed by atoms with Gasteiger partial charge < -0.3 is 0 Å². The van der Waals surface area contributed by atoms with Crippen LogP contribution in [-0.2, 0) is 9.84 Å². The maximum Gasteiger partial charge on any atom is 0.206 e. The van der Waals surface area contributed by atoms with E-state index in [9.17, 15) is 17.2 Å². The number of fused-ring (bicyclic) bond motifs is 1. The summed E-state index contributed by atoms with van der Waals surface area (Å²) in [7, 11) is -4.12. The minimum absolute atomic E-state index is 0.118. The lowest BCUT2D eigenvalue weighted by atomic mass is 10.2. The summed E-state index contributed by atoms with van der Waals surface area (Å²) in [6, 6.07) is 11.7. The second-order valence-electron chi connectivity index (χ2n) is 5.85. The summed E-state index contributed by atoms with van der Waals surface area (Å²) >= 11 is 0. The zero-order valence-electron chi connectivity index (χ0n) is 14.1. The van der Waals surface area contributed by atoms with Crippen molar-refractivity contribution in [3.05, 3.63) is 83.8 Å². The fourth-order valence-corrected chi connectivity index (χ4v) is 3.96. The van der Waals surface area contributed by atoms with Gasteiger partial charge in [0, 0.05) is 17.6 Å². The number of H-pyrrole nitrogens is 1. The third-order valence-electron chi connectivity index (χ3n) is 3.96. The third kappa shape index (κ3) is 3.35. The molecule has 0 saturated carbocycles. The van der Waals surface area contributed by atoms with Crippen LogP contribution in [0.2, 0.25) is 0 Å². The number of nitrogens with zero attached hydrogens (tertiary/aromatic N) is 2. The summed E-state index contributed by atoms with van der Waals surface area (Å²) in [6.45, 7) is 0. The van der Waals surface area contributed by atoms with E-state index < -0.39 is 26.4 Å². The molecule has 0 fully saturated rings. The lowest BCUT2D eigenvalue weighted by Gasteiger charge is -2.05. The molecule has 5 nitrogen and oxygen atoms in total. The fourth-order valence-electron chi connectivity index (χ4n) is 2.64. The van der Waals surface area contributed by atoms with Gasteiger partial charge in [0.2, 0.25) is 9.84 Å². The SMILES string of the molecule is O=S(=O)(c1cc(F)cc(F)c1)c1ccc2[nH]nc(C#Cc3ccccn3)c2c1. The summed E-state index contributed by atoms with van der Waals surface area (Å²) < 4.78 is 52.5. The highest BCUT2D eigenvalue weighted by Gasteiger charge is 2.21. The van der Waals surface area contributed by atoms with Gasteiger partial charge in [-0.3, -0.25) is 5.10 Å². The first-order chi connectivity index (χ1) is 13.4. The van der Waals surface area contributed by atoms with Crippen LogP contribution in [0.5, 0.6) is 0 Å². The highest BCUT2D eigenvalue weighted by Crippen LogP contribution is 2.26. The predicted molar refractivity (Wildman–Crippen MR) is 98.1 cm³/mol. The first-order valence-corrected chi connectivity index (χ1v) is 9.54. The van der Waals surface area contributed by atoms with E-state index in [4.69, 9.17) is 0 Å². The molecule has 0 spiro atoms. The van der Waals surface area contributed by atoms with Gasteiger partial charge in [0.05, 0.1) is 15.3 Å². The number of rotatable bonds is 2. The Morgan fingerprint density at radius 3 is 2.39 bits per heavy atom. The molecule has 4 aromatic rings. The molecule has 0 aliphatic heterocycles. The maximum atomic E-state index is 13.5. The number of halogens is 2. The van der Waals surface area contributed by atoms with Crippen molar-refractivity contribution >= 4 is 20.7 Å². The molecular formula is C20H11F2N3O2S. The van der Waals surface area contributed by atoms with Crippen molar-refractivity contribution < 1.29 is 17.2 Å². The second kappa shape index (κ2) is 6.87. The Morgan fingerprint density at radius 1 is 0.893 bits per heavy atom. The highest BCUT2D eigenvalue weighted by molar-refractivity contribution is 7.91. The molecule has 0 aliphatic carbocycles. The first kappa shape index (κ1) is 17.8. The molecule has 0 bridgehead atoms. The largest absolute Gasteiger partial charge is 0.277 e. The van der Waals surface area contributed by atoms with Gasteiger partial charge in [0.1, 0.15) is 23.0 Å². The molecule has 4 rings (SSSR count). The zero-order valence-corrected chi connectivity index (χ0v) is 15.0. The van der Waals surface area contributed by atoms with Gasteiger partial charge in [0.25, 0.3) is 0 Å². The van der Waals surface area contributed by atoms with E-state index in [2.05, 4.69) is 27.0 Å². The normalized spacial score (nSPS) is 11.2. The fraction of sp³-hybridized carbons (Fsp3) is 0. The van der Waals surface area contributed by atoms with Gasteiger partial charge in [0.15, 0.2) is 0 Å². The van der Waals surface area contributed by atoms with Gasteiger partial charge in [-0.25, -0.2) is 22.2 Å². The first-order valence-electron chi connectivity index (χ1n) is 8.06. The number of aromatic amines is 1. The monoisotopic (exact) mass is 395 g/mol. The Bertz CT molecular complexity index is 1330. The van der Waals surface area contributed by atoms with Crippen molar-refractivity contribution in [2.75, 3.05) is 0 Å². The van der Waals surface area contributed by atoms with Crippen LogP contribution in [0.1, 0.15) is 11.4 Å². The molecule has 0 saturated heterocycles. The van der Waals surface area contributed by atoms with Crippen molar-refractivity contribution in [2.24, 2.45) is 0 Å². The zero-order chi connectivity index (χ0) is 19.7.